The maximum atomic E-state index is 12.2. The third-order valence-corrected chi connectivity index (χ3v) is 4.90. The van der Waals surface area contributed by atoms with Gasteiger partial charge in [-0.05, 0) is 49.8 Å². The number of anilines is 1. The molecule has 0 aromatic heterocycles. The molecule has 0 saturated carbocycles. The number of carboxylic acids is 1. The van der Waals surface area contributed by atoms with Gasteiger partial charge in [0.25, 0.3) is 5.91 Å². The molecule has 2 aliphatic heterocycles. The number of carboxylic acid groups (broad SMARTS) is 1. The maximum absolute atomic E-state index is 12.2. The molecule has 1 aromatic rings. The van der Waals surface area contributed by atoms with Crippen LogP contribution in [0.2, 0.25) is 0 Å². The van der Waals surface area contributed by atoms with E-state index >= 15 is 0 Å². The Kier molecular flexibility index (Phi) is 5.88. The normalized spacial score (nSPS) is 22.4. The molecule has 2 aliphatic rings. The summed E-state index contributed by atoms with van der Waals surface area (Å²) in [6.07, 6.45) is 2.48. The summed E-state index contributed by atoms with van der Waals surface area (Å²) < 4.78 is 5.24. The molecule has 0 aliphatic carbocycles. The van der Waals surface area contributed by atoms with Gasteiger partial charge in [0.15, 0.2) is 6.10 Å². The van der Waals surface area contributed by atoms with Gasteiger partial charge in [0.05, 0.1) is 0 Å². The van der Waals surface area contributed by atoms with Gasteiger partial charge in [-0.1, -0.05) is 12.1 Å². The molecule has 0 spiro atoms. The molecule has 2 N–H and O–H groups in total. The first-order valence-corrected chi connectivity index (χ1v) is 9.09. The largest absolute Gasteiger partial charge is 0.479 e. The molecule has 7 heteroatoms. The van der Waals surface area contributed by atoms with Crippen molar-refractivity contribution in [2.45, 2.75) is 50.7 Å². The van der Waals surface area contributed by atoms with Crippen molar-refractivity contribution in [1.82, 2.24) is 4.90 Å². The van der Waals surface area contributed by atoms with E-state index in [2.05, 4.69) is 5.32 Å². The number of nitrogens with zero attached hydrogens (tertiary/aromatic N) is 1. The highest BCUT2D eigenvalue weighted by Crippen LogP contribution is 2.21. The molecule has 0 radical (unpaired) electrons. The number of likely N-dealkylation sites (tertiary alicyclic amines) is 1. The van der Waals surface area contributed by atoms with E-state index in [0.29, 0.717) is 31.4 Å². The Balaban J connectivity index is 1.46. The van der Waals surface area contributed by atoms with Gasteiger partial charge in [0, 0.05) is 25.2 Å². The third-order valence-electron chi connectivity index (χ3n) is 4.90. The Labute approximate surface area is 152 Å². The van der Waals surface area contributed by atoms with E-state index in [1.807, 2.05) is 17.0 Å². The Morgan fingerprint density at radius 1 is 1.08 bits per heavy atom. The lowest BCUT2D eigenvalue weighted by Crippen LogP contribution is -2.29. The second-order valence-corrected chi connectivity index (χ2v) is 6.80. The van der Waals surface area contributed by atoms with Crippen molar-refractivity contribution in [1.29, 1.82) is 0 Å². The quantitative estimate of drug-likeness (QED) is 0.807. The predicted molar refractivity (Wildman–Crippen MR) is 94.7 cm³/mol. The summed E-state index contributed by atoms with van der Waals surface area (Å²) in [4.78, 5) is 37.0. The minimum Gasteiger partial charge on any atom is -0.479 e. The minimum atomic E-state index is -1.03. The summed E-state index contributed by atoms with van der Waals surface area (Å²) in [6, 6.07) is 7.36. The average Bonchev–Trinajstić information content (AvgIpc) is 3.32. The van der Waals surface area contributed by atoms with E-state index in [1.165, 1.54) is 0 Å². The molecule has 0 bridgehead atoms. The van der Waals surface area contributed by atoms with Gasteiger partial charge in [0.1, 0.15) is 6.10 Å². The second kappa shape index (κ2) is 8.31. The SMILES string of the molecule is O=C(Nc1ccc(CCC(=O)N2CCCC2)cc1)[C@@H]1CC[C@H](C(=O)O)O1. The zero-order valence-corrected chi connectivity index (χ0v) is 14.6. The van der Waals surface area contributed by atoms with Gasteiger partial charge in [-0.3, -0.25) is 9.59 Å². The molecule has 2 heterocycles. The summed E-state index contributed by atoms with van der Waals surface area (Å²) in [7, 11) is 0. The van der Waals surface area contributed by atoms with Crippen molar-refractivity contribution in [3.8, 4) is 0 Å². The van der Waals surface area contributed by atoms with Crippen LogP contribution in [0.5, 0.6) is 0 Å². The number of carbonyl (C=O) groups excluding carboxylic acids is 2. The summed E-state index contributed by atoms with van der Waals surface area (Å²) in [6.45, 7) is 1.74. The summed E-state index contributed by atoms with van der Waals surface area (Å²) in [5, 5.41) is 11.7. The van der Waals surface area contributed by atoms with Crippen LogP contribution in [0, 0.1) is 0 Å². The monoisotopic (exact) mass is 360 g/mol. The lowest BCUT2D eigenvalue weighted by atomic mass is 10.1. The number of amides is 2. The fraction of sp³-hybridized carbons (Fsp3) is 0.526. The summed E-state index contributed by atoms with van der Waals surface area (Å²) in [5.41, 5.74) is 1.67. The first-order valence-electron chi connectivity index (χ1n) is 9.09. The number of carbonyl (C=O) groups is 3. The van der Waals surface area contributed by atoms with Gasteiger partial charge in [-0.25, -0.2) is 4.79 Å². The highest BCUT2D eigenvalue weighted by atomic mass is 16.5. The van der Waals surface area contributed by atoms with Crippen molar-refractivity contribution < 1.29 is 24.2 Å². The van der Waals surface area contributed by atoms with Crippen molar-refractivity contribution in [3.63, 3.8) is 0 Å². The van der Waals surface area contributed by atoms with E-state index in [9.17, 15) is 14.4 Å². The van der Waals surface area contributed by atoms with Crippen LogP contribution in [-0.2, 0) is 25.5 Å². The zero-order valence-electron chi connectivity index (χ0n) is 14.6. The summed E-state index contributed by atoms with van der Waals surface area (Å²) >= 11 is 0. The van der Waals surface area contributed by atoms with Crippen LogP contribution < -0.4 is 5.32 Å². The average molecular weight is 360 g/mol. The van der Waals surface area contributed by atoms with Crippen molar-refractivity contribution in [2.75, 3.05) is 18.4 Å². The Morgan fingerprint density at radius 3 is 2.35 bits per heavy atom. The number of aliphatic carboxylic acids is 1. The van der Waals surface area contributed by atoms with Gasteiger partial charge in [-0.2, -0.15) is 0 Å². The topological polar surface area (TPSA) is 95.9 Å². The number of ether oxygens (including phenoxy) is 1. The molecule has 140 valence electrons. The summed E-state index contributed by atoms with van der Waals surface area (Å²) in [5.74, 6) is -1.16. The Hall–Kier alpha value is -2.41. The molecule has 2 saturated heterocycles. The van der Waals surface area contributed by atoms with Crippen LogP contribution in [0.3, 0.4) is 0 Å². The number of hydrogen-bond acceptors (Lipinski definition) is 4. The first kappa shape index (κ1) is 18.4. The Bertz CT molecular complexity index is 667. The van der Waals surface area contributed by atoms with Gasteiger partial charge >= 0.3 is 5.97 Å². The van der Waals surface area contributed by atoms with Crippen LogP contribution in [0.4, 0.5) is 5.69 Å². The van der Waals surface area contributed by atoms with Crippen LogP contribution >= 0.6 is 0 Å². The highest BCUT2D eigenvalue weighted by molar-refractivity contribution is 5.94. The number of benzene rings is 1. The van der Waals surface area contributed by atoms with Gasteiger partial charge in [-0.15, -0.1) is 0 Å². The van der Waals surface area contributed by atoms with E-state index in [1.54, 1.807) is 12.1 Å². The molecule has 1 aromatic carbocycles. The molecular formula is C19H24N2O5. The van der Waals surface area contributed by atoms with Gasteiger partial charge in [0.2, 0.25) is 5.91 Å². The standard InChI is InChI=1S/C19H24N2O5/c22-17(21-11-1-2-12-21)10-5-13-3-6-14(7-4-13)20-18(23)15-8-9-16(26-15)19(24)25/h3-4,6-7,15-16H,1-2,5,8-12H2,(H,20,23)(H,24,25)/t15-,16+/m0/s1. The van der Waals surface area contributed by atoms with E-state index in [0.717, 1.165) is 31.5 Å². The third kappa shape index (κ3) is 4.60. The Morgan fingerprint density at radius 2 is 1.73 bits per heavy atom. The highest BCUT2D eigenvalue weighted by Gasteiger charge is 2.34. The van der Waals surface area contributed by atoms with Crippen LogP contribution in [-0.4, -0.2) is 53.1 Å². The molecule has 3 rings (SSSR count). The molecule has 0 unspecified atom stereocenters. The van der Waals surface area contributed by atoms with Crippen LogP contribution in [0.15, 0.2) is 24.3 Å². The molecule has 2 atom stereocenters. The molecule has 2 fully saturated rings. The maximum Gasteiger partial charge on any atom is 0.332 e. The number of nitrogens with one attached hydrogen (secondary N) is 1. The number of aryl methyl sites for hydroxylation is 1. The van der Waals surface area contributed by atoms with Crippen LogP contribution in [0.1, 0.15) is 37.7 Å². The van der Waals surface area contributed by atoms with Gasteiger partial charge < -0.3 is 20.1 Å². The first-order chi connectivity index (χ1) is 12.5. The number of hydrogen-bond donors (Lipinski definition) is 2. The fourth-order valence-corrected chi connectivity index (χ4v) is 3.37. The molecule has 2 amide bonds. The van der Waals surface area contributed by atoms with Crippen molar-refractivity contribution in [2.24, 2.45) is 0 Å². The zero-order chi connectivity index (χ0) is 18.5. The second-order valence-electron chi connectivity index (χ2n) is 6.80. The molecular weight excluding hydrogens is 336 g/mol. The van der Waals surface area contributed by atoms with E-state index < -0.39 is 18.2 Å². The number of rotatable bonds is 6. The smallest absolute Gasteiger partial charge is 0.332 e. The van der Waals surface area contributed by atoms with Crippen molar-refractivity contribution >= 4 is 23.5 Å². The molecule has 7 nitrogen and oxygen atoms in total. The van der Waals surface area contributed by atoms with E-state index in [4.69, 9.17) is 9.84 Å². The van der Waals surface area contributed by atoms with E-state index in [-0.39, 0.29) is 11.8 Å². The van der Waals surface area contributed by atoms with Crippen molar-refractivity contribution in [3.05, 3.63) is 29.8 Å². The van der Waals surface area contributed by atoms with Crippen LogP contribution in [0.25, 0.3) is 0 Å². The molecule has 26 heavy (non-hydrogen) atoms. The lowest BCUT2D eigenvalue weighted by molar-refractivity contribution is -0.150. The minimum absolute atomic E-state index is 0.200. The lowest BCUT2D eigenvalue weighted by Gasteiger charge is -2.15. The fourth-order valence-electron chi connectivity index (χ4n) is 3.37. The predicted octanol–water partition coefficient (Wildman–Crippen LogP) is 1.81.